The fourth-order valence-electron chi connectivity index (χ4n) is 4.17. The second kappa shape index (κ2) is 9.29. The molecule has 7 nitrogen and oxygen atoms in total. The predicted octanol–water partition coefficient (Wildman–Crippen LogP) is 3.22. The van der Waals surface area contributed by atoms with Gasteiger partial charge >= 0.3 is 0 Å². The monoisotopic (exact) mass is 350 g/mol. The lowest BCUT2D eigenvalue weighted by molar-refractivity contribution is -0.129. The molecule has 140 valence electrons. The third kappa shape index (κ3) is 5.25. The first kappa shape index (κ1) is 18.3. The number of aromatic nitrogens is 2. The van der Waals surface area contributed by atoms with Gasteiger partial charge in [-0.25, -0.2) is 5.48 Å². The smallest absolute Gasteiger partial charge is 0.244 e. The Labute approximate surface area is 148 Å². The van der Waals surface area contributed by atoms with Crippen molar-refractivity contribution in [3.8, 4) is 0 Å². The van der Waals surface area contributed by atoms with Gasteiger partial charge in [0.2, 0.25) is 11.8 Å². The minimum absolute atomic E-state index is 0.126. The molecule has 1 saturated carbocycles. The zero-order valence-electron chi connectivity index (χ0n) is 14.9. The summed E-state index contributed by atoms with van der Waals surface area (Å²) < 4.78 is 5.46. The summed E-state index contributed by atoms with van der Waals surface area (Å²) in [5.74, 6) is 1.51. The molecule has 7 heteroatoms. The molecule has 25 heavy (non-hydrogen) atoms. The average molecular weight is 350 g/mol. The molecule has 0 bridgehead atoms. The molecule has 0 aromatic carbocycles. The third-order valence-electron chi connectivity index (χ3n) is 5.62. The summed E-state index contributed by atoms with van der Waals surface area (Å²) in [5.41, 5.74) is 1.73. The number of hydrogen-bond donors (Lipinski definition) is 3. The van der Waals surface area contributed by atoms with Crippen LogP contribution in [0, 0.1) is 5.92 Å². The second-order valence-electron chi connectivity index (χ2n) is 7.51. The van der Waals surface area contributed by atoms with E-state index in [9.17, 15) is 4.79 Å². The van der Waals surface area contributed by atoms with E-state index in [1.54, 1.807) is 5.48 Å². The van der Waals surface area contributed by atoms with E-state index in [1.807, 2.05) is 0 Å². The molecule has 1 saturated heterocycles. The van der Waals surface area contributed by atoms with E-state index in [0.717, 1.165) is 38.1 Å². The standard InChI is InChI=1S/C18H30N4O3/c23-16(21-24)12-14(9-4-8-13-6-2-1-3-7-13)18-20-17(22-25-18)15-10-5-11-19-15/h13-15,19,24H,1-12H2,(H,21,23)/t14-,15?/m1/s1. The Kier molecular flexibility index (Phi) is 6.81. The average Bonchev–Trinajstić information content (AvgIpc) is 3.33. The van der Waals surface area contributed by atoms with Gasteiger partial charge in [0.15, 0.2) is 5.82 Å². The molecule has 1 aromatic heterocycles. The van der Waals surface area contributed by atoms with Crippen LogP contribution in [0.25, 0.3) is 0 Å². The van der Waals surface area contributed by atoms with Crippen LogP contribution in [-0.2, 0) is 4.79 Å². The van der Waals surface area contributed by atoms with Gasteiger partial charge in [-0.2, -0.15) is 4.98 Å². The van der Waals surface area contributed by atoms with Gasteiger partial charge < -0.3 is 9.84 Å². The molecule has 0 spiro atoms. The fraction of sp³-hybridized carbons (Fsp3) is 0.833. The Morgan fingerprint density at radius 3 is 2.84 bits per heavy atom. The number of carbonyl (C=O) groups is 1. The van der Waals surface area contributed by atoms with Crippen LogP contribution in [0.15, 0.2) is 4.52 Å². The van der Waals surface area contributed by atoms with Crippen molar-refractivity contribution in [3.05, 3.63) is 11.7 Å². The fourth-order valence-corrected chi connectivity index (χ4v) is 4.17. The number of hydroxylamine groups is 1. The van der Waals surface area contributed by atoms with Crippen LogP contribution >= 0.6 is 0 Å². The van der Waals surface area contributed by atoms with Gasteiger partial charge in [0.25, 0.3) is 0 Å². The number of amides is 1. The molecule has 1 unspecified atom stereocenters. The Hall–Kier alpha value is -1.47. The van der Waals surface area contributed by atoms with Crippen LogP contribution in [0.5, 0.6) is 0 Å². The Bertz CT molecular complexity index is 536. The zero-order chi connectivity index (χ0) is 17.5. The van der Waals surface area contributed by atoms with E-state index in [2.05, 4.69) is 15.5 Å². The number of carbonyl (C=O) groups excluding carboxylic acids is 1. The topological polar surface area (TPSA) is 100 Å². The van der Waals surface area contributed by atoms with E-state index in [4.69, 9.17) is 9.73 Å². The first-order valence-corrected chi connectivity index (χ1v) is 9.76. The van der Waals surface area contributed by atoms with E-state index >= 15 is 0 Å². The quantitative estimate of drug-likeness (QED) is 0.492. The largest absolute Gasteiger partial charge is 0.339 e. The van der Waals surface area contributed by atoms with Gasteiger partial charge in [0.05, 0.1) is 6.04 Å². The van der Waals surface area contributed by atoms with Crippen molar-refractivity contribution in [1.82, 2.24) is 20.9 Å². The van der Waals surface area contributed by atoms with Crippen molar-refractivity contribution < 1.29 is 14.5 Å². The molecule has 2 aliphatic rings. The van der Waals surface area contributed by atoms with Crippen LogP contribution in [0.4, 0.5) is 0 Å². The van der Waals surface area contributed by atoms with E-state index in [1.165, 1.54) is 38.5 Å². The Morgan fingerprint density at radius 1 is 1.28 bits per heavy atom. The minimum Gasteiger partial charge on any atom is -0.339 e. The zero-order valence-corrected chi connectivity index (χ0v) is 14.9. The summed E-state index contributed by atoms with van der Waals surface area (Å²) in [5, 5.41) is 16.3. The van der Waals surface area contributed by atoms with Crippen LogP contribution in [0.3, 0.4) is 0 Å². The van der Waals surface area contributed by atoms with Gasteiger partial charge in [-0.1, -0.05) is 50.1 Å². The van der Waals surface area contributed by atoms with Crippen molar-refractivity contribution in [2.75, 3.05) is 6.54 Å². The first-order chi connectivity index (χ1) is 12.3. The van der Waals surface area contributed by atoms with Crippen molar-refractivity contribution >= 4 is 5.91 Å². The number of rotatable bonds is 8. The van der Waals surface area contributed by atoms with Crippen LogP contribution in [0.2, 0.25) is 0 Å². The van der Waals surface area contributed by atoms with Gasteiger partial charge in [-0.3, -0.25) is 10.0 Å². The van der Waals surface area contributed by atoms with Gasteiger partial charge in [0.1, 0.15) is 0 Å². The SMILES string of the molecule is O=C(C[C@@H](CCCC1CCCCC1)c1nc(C2CCCN2)no1)NO. The molecule has 2 atom stereocenters. The van der Waals surface area contributed by atoms with Crippen LogP contribution in [0.1, 0.15) is 94.3 Å². The maximum atomic E-state index is 11.7. The molecule has 2 fully saturated rings. The Morgan fingerprint density at radius 2 is 2.12 bits per heavy atom. The first-order valence-electron chi connectivity index (χ1n) is 9.76. The lowest BCUT2D eigenvalue weighted by atomic mass is 9.84. The minimum atomic E-state index is -0.401. The van der Waals surface area contributed by atoms with Crippen LogP contribution in [-0.4, -0.2) is 27.8 Å². The summed E-state index contributed by atoms with van der Waals surface area (Å²) in [6.45, 7) is 0.978. The molecule has 1 aliphatic carbocycles. The third-order valence-corrected chi connectivity index (χ3v) is 5.62. The van der Waals surface area contributed by atoms with Crippen molar-refractivity contribution in [2.24, 2.45) is 5.92 Å². The highest BCUT2D eigenvalue weighted by atomic mass is 16.5. The second-order valence-corrected chi connectivity index (χ2v) is 7.51. The number of nitrogens with zero attached hydrogens (tertiary/aromatic N) is 2. The molecule has 1 amide bonds. The van der Waals surface area contributed by atoms with Gasteiger partial charge in [0, 0.05) is 12.3 Å². The molecule has 2 heterocycles. The van der Waals surface area contributed by atoms with Crippen molar-refractivity contribution in [2.45, 2.75) is 82.6 Å². The molecule has 3 rings (SSSR count). The summed E-state index contributed by atoms with van der Waals surface area (Å²) in [4.78, 5) is 16.2. The van der Waals surface area contributed by atoms with E-state index in [-0.39, 0.29) is 18.4 Å². The maximum Gasteiger partial charge on any atom is 0.244 e. The van der Waals surface area contributed by atoms with Gasteiger partial charge in [-0.15, -0.1) is 0 Å². The van der Waals surface area contributed by atoms with E-state index in [0.29, 0.717) is 11.7 Å². The maximum absolute atomic E-state index is 11.7. The molecule has 1 aliphatic heterocycles. The lowest BCUT2D eigenvalue weighted by Crippen LogP contribution is -2.21. The summed E-state index contributed by atoms with van der Waals surface area (Å²) in [6, 6.07) is 0.159. The molecule has 0 radical (unpaired) electrons. The highest BCUT2D eigenvalue weighted by Crippen LogP contribution is 2.31. The lowest BCUT2D eigenvalue weighted by Gasteiger charge is -2.22. The molecular weight excluding hydrogens is 320 g/mol. The highest BCUT2D eigenvalue weighted by Gasteiger charge is 2.26. The summed E-state index contributed by atoms with van der Waals surface area (Å²) in [6.07, 6.45) is 12.1. The highest BCUT2D eigenvalue weighted by molar-refractivity contribution is 5.75. The Balaban J connectivity index is 1.57. The van der Waals surface area contributed by atoms with Crippen molar-refractivity contribution in [1.29, 1.82) is 0 Å². The molecule has 3 N–H and O–H groups in total. The normalized spacial score (nSPS) is 22.8. The molecular formula is C18H30N4O3. The van der Waals surface area contributed by atoms with Gasteiger partial charge in [-0.05, 0) is 31.7 Å². The van der Waals surface area contributed by atoms with E-state index < -0.39 is 5.91 Å². The number of hydrogen-bond acceptors (Lipinski definition) is 6. The molecule has 1 aromatic rings. The van der Waals surface area contributed by atoms with Crippen molar-refractivity contribution in [3.63, 3.8) is 0 Å². The summed E-state index contributed by atoms with van der Waals surface area (Å²) in [7, 11) is 0. The predicted molar refractivity (Wildman–Crippen MR) is 92.0 cm³/mol. The summed E-state index contributed by atoms with van der Waals surface area (Å²) >= 11 is 0. The van der Waals surface area contributed by atoms with Crippen LogP contribution < -0.4 is 10.8 Å². The number of nitrogens with one attached hydrogen (secondary N) is 2.